The second kappa shape index (κ2) is 5.81. The van der Waals surface area contributed by atoms with E-state index in [2.05, 4.69) is 5.10 Å². The first-order valence-electron chi connectivity index (χ1n) is 6.20. The molecular weight excluding hydrogens is 238 g/mol. The molecule has 1 aromatic rings. The van der Waals surface area contributed by atoms with Crippen molar-refractivity contribution in [3.05, 3.63) is 16.3 Å². The lowest BCUT2D eigenvalue weighted by Gasteiger charge is -2.23. The zero-order valence-corrected chi connectivity index (χ0v) is 10.4. The molecule has 1 aliphatic rings. The van der Waals surface area contributed by atoms with E-state index in [4.69, 9.17) is 9.47 Å². The maximum absolute atomic E-state index is 10.9. The smallest absolute Gasteiger partial charge is 0.350 e. The minimum Gasteiger partial charge on any atom is -0.473 e. The van der Waals surface area contributed by atoms with E-state index in [-0.39, 0.29) is 17.8 Å². The molecule has 2 rings (SSSR count). The molecule has 0 saturated carbocycles. The Hall–Kier alpha value is -1.63. The van der Waals surface area contributed by atoms with Gasteiger partial charge in [-0.2, -0.15) is 9.78 Å². The second-order valence-corrected chi connectivity index (χ2v) is 4.21. The molecule has 0 bridgehead atoms. The van der Waals surface area contributed by atoms with Gasteiger partial charge in [0.05, 0.1) is 11.5 Å². The molecule has 0 aliphatic carbocycles. The molecule has 1 aliphatic heterocycles. The molecule has 0 aromatic carbocycles. The van der Waals surface area contributed by atoms with Crippen molar-refractivity contribution in [2.45, 2.75) is 38.8 Å². The van der Waals surface area contributed by atoms with Crippen molar-refractivity contribution in [3.63, 3.8) is 0 Å². The third-order valence-electron chi connectivity index (χ3n) is 2.80. The third kappa shape index (κ3) is 2.61. The van der Waals surface area contributed by atoms with Gasteiger partial charge < -0.3 is 9.47 Å². The largest absolute Gasteiger partial charge is 0.473 e. The van der Waals surface area contributed by atoms with Crippen LogP contribution in [0.1, 0.15) is 38.8 Å². The van der Waals surface area contributed by atoms with Crippen molar-refractivity contribution >= 4 is 5.69 Å². The predicted octanol–water partition coefficient (Wildman–Crippen LogP) is 2.28. The van der Waals surface area contributed by atoms with Crippen LogP contribution in [0.5, 0.6) is 5.88 Å². The van der Waals surface area contributed by atoms with Crippen molar-refractivity contribution < 1.29 is 14.4 Å². The standard InChI is InChI=1S/C11H17N3O4/c1-2-6-18-11-9(14(15)16)8-12-13(11)10-5-3-4-7-17-10/h8,10H,2-7H2,1H3. The Balaban J connectivity index is 2.24. The molecule has 0 spiro atoms. The monoisotopic (exact) mass is 255 g/mol. The molecule has 0 amide bonds. The van der Waals surface area contributed by atoms with E-state index in [0.29, 0.717) is 13.2 Å². The van der Waals surface area contributed by atoms with Crippen LogP contribution in [0.2, 0.25) is 0 Å². The summed E-state index contributed by atoms with van der Waals surface area (Å²) in [5.74, 6) is 0.203. The van der Waals surface area contributed by atoms with Crippen LogP contribution in [0.4, 0.5) is 5.69 Å². The van der Waals surface area contributed by atoms with Crippen molar-refractivity contribution in [1.29, 1.82) is 0 Å². The first kappa shape index (κ1) is 12.8. The lowest BCUT2D eigenvalue weighted by Crippen LogP contribution is -2.20. The number of aromatic nitrogens is 2. The van der Waals surface area contributed by atoms with Crippen molar-refractivity contribution in [1.82, 2.24) is 9.78 Å². The molecule has 1 fully saturated rings. The van der Waals surface area contributed by atoms with Gasteiger partial charge in [-0.3, -0.25) is 10.1 Å². The van der Waals surface area contributed by atoms with E-state index in [1.165, 1.54) is 10.9 Å². The summed E-state index contributed by atoms with van der Waals surface area (Å²) in [7, 11) is 0. The Morgan fingerprint density at radius 3 is 3.11 bits per heavy atom. The van der Waals surface area contributed by atoms with Crippen LogP contribution in [0, 0.1) is 10.1 Å². The highest BCUT2D eigenvalue weighted by Gasteiger charge is 2.28. The summed E-state index contributed by atoms with van der Waals surface area (Å²) in [6.45, 7) is 3.04. The van der Waals surface area contributed by atoms with Gasteiger partial charge in [0.2, 0.25) is 0 Å². The summed E-state index contributed by atoms with van der Waals surface area (Å²) in [6.07, 6.45) is 4.62. The van der Waals surface area contributed by atoms with Crippen LogP contribution in [-0.2, 0) is 4.74 Å². The fourth-order valence-electron chi connectivity index (χ4n) is 1.93. The molecule has 1 aromatic heterocycles. The van der Waals surface area contributed by atoms with Crippen LogP contribution in [-0.4, -0.2) is 27.9 Å². The number of nitrogens with zero attached hydrogens (tertiary/aromatic N) is 3. The molecule has 0 N–H and O–H groups in total. The average Bonchev–Trinajstić information content (AvgIpc) is 2.81. The van der Waals surface area contributed by atoms with Crippen LogP contribution in [0.3, 0.4) is 0 Å². The fourth-order valence-corrected chi connectivity index (χ4v) is 1.93. The Kier molecular flexibility index (Phi) is 4.14. The molecule has 100 valence electrons. The Labute approximate surface area is 105 Å². The highest BCUT2D eigenvalue weighted by atomic mass is 16.6. The van der Waals surface area contributed by atoms with E-state index in [1.54, 1.807) is 0 Å². The predicted molar refractivity (Wildman–Crippen MR) is 63.5 cm³/mol. The average molecular weight is 255 g/mol. The first-order chi connectivity index (χ1) is 8.74. The van der Waals surface area contributed by atoms with Gasteiger partial charge in [0, 0.05) is 6.61 Å². The molecule has 7 nitrogen and oxygen atoms in total. The summed E-state index contributed by atoms with van der Waals surface area (Å²) < 4.78 is 12.5. The zero-order valence-electron chi connectivity index (χ0n) is 10.4. The van der Waals surface area contributed by atoms with Gasteiger partial charge in [0.25, 0.3) is 5.88 Å². The number of ether oxygens (including phenoxy) is 2. The molecule has 1 unspecified atom stereocenters. The Bertz CT molecular complexity index is 412. The van der Waals surface area contributed by atoms with Crippen LogP contribution in [0.25, 0.3) is 0 Å². The molecule has 0 radical (unpaired) electrons. The quantitative estimate of drug-likeness (QED) is 0.595. The highest BCUT2D eigenvalue weighted by Crippen LogP contribution is 2.33. The molecule has 18 heavy (non-hydrogen) atoms. The van der Waals surface area contributed by atoms with Gasteiger partial charge in [-0.25, -0.2) is 0 Å². The molecule has 1 atom stereocenters. The normalized spacial score (nSPS) is 19.7. The third-order valence-corrected chi connectivity index (χ3v) is 2.80. The molecular formula is C11H17N3O4. The maximum atomic E-state index is 10.9. The summed E-state index contributed by atoms with van der Waals surface area (Å²) in [6, 6.07) is 0. The van der Waals surface area contributed by atoms with Crippen molar-refractivity contribution in [3.8, 4) is 5.88 Å². The minimum absolute atomic E-state index is 0.0994. The lowest BCUT2D eigenvalue weighted by molar-refractivity contribution is -0.386. The topological polar surface area (TPSA) is 79.4 Å². The first-order valence-corrected chi connectivity index (χ1v) is 6.20. The minimum atomic E-state index is -0.475. The van der Waals surface area contributed by atoms with Gasteiger partial charge in [-0.15, -0.1) is 0 Å². The number of nitro groups is 1. The Morgan fingerprint density at radius 1 is 1.67 bits per heavy atom. The lowest BCUT2D eigenvalue weighted by atomic mass is 10.2. The number of rotatable bonds is 5. The molecule has 2 heterocycles. The van der Waals surface area contributed by atoms with Crippen LogP contribution < -0.4 is 4.74 Å². The summed E-state index contributed by atoms with van der Waals surface area (Å²) in [4.78, 5) is 10.4. The van der Waals surface area contributed by atoms with Gasteiger partial charge >= 0.3 is 5.69 Å². The fraction of sp³-hybridized carbons (Fsp3) is 0.727. The summed E-state index contributed by atoms with van der Waals surface area (Å²) >= 11 is 0. The SMILES string of the molecule is CCCOc1c([N+](=O)[O-])cnn1C1CCCCO1. The van der Waals surface area contributed by atoms with Crippen molar-refractivity contribution in [2.75, 3.05) is 13.2 Å². The maximum Gasteiger partial charge on any atom is 0.350 e. The van der Waals surface area contributed by atoms with Gasteiger partial charge in [-0.1, -0.05) is 6.92 Å². The number of hydrogen-bond acceptors (Lipinski definition) is 5. The van der Waals surface area contributed by atoms with Crippen LogP contribution in [0.15, 0.2) is 6.20 Å². The van der Waals surface area contributed by atoms with Gasteiger partial charge in [-0.05, 0) is 25.7 Å². The number of hydrogen-bond donors (Lipinski definition) is 0. The molecule has 7 heteroatoms. The highest BCUT2D eigenvalue weighted by molar-refractivity contribution is 5.39. The zero-order chi connectivity index (χ0) is 13.0. The van der Waals surface area contributed by atoms with E-state index in [0.717, 1.165) is 25.7 Å². The Morgan fingerprint density at radius 2 is 2.50 bits per heavy atom. The van der Waals surface area contributed by atoms with Gasteiger partial charge in [0.1, 0.15) is 6.20 Å². The van der Waals surface area contributed by atoms with E-state index < -0.39 is 4.92 Å². The summed E-state index contributed by atoms with van der Waals surface area (Å²) in [5, 5.41) is 15.0. The van der Waals surface area contributed by atoms with Crippen LogP contribution >= 0.6 is 0 Å². The van der Waals surface area contributed by atoms with E-state index >= 15 is 0 Å². The van der Waals surface area contributed by atoms with E-state index in [1.807, 2.05) is 6.92 Å². The summed E-state index contributed by atoms with van der Waals surface area (Å²) in [5.41, 5.74) is -0.0994. The van der Waals surface area contributed by atoms with E-state index in [9.17, 15) is 10.1 Å². The van der Waals surface area contributed by atoms with Crippen molar-refractivity contribution in [2.24, 2.45) is 0 Å². The second-order valence-electron chi connectivity index (χ2n) is 4.21. The molecule has 1 saturated heterocycles. The van der Waals surface area contributed by atoms with Gasteiger partial charge in [0.15, 0.2) is 6.23 Å².